The summed E-state index contributed by atoms with van der Waals surface area (Å²) in [5, 5.41) is 2.25. The van der Waals surface area contributed by atoms with Crippen molar-refractivity contribution in [1.29, 1.82) is 0 Å². The van der Waals surface area contributed by atoms with Gasteiger partial charge >= 0.3 is 6.18 Å². The van der Waals surface area contributed by atoms with Crippen LogP contribution < -0.4 is 5.32 Å². The molecule has 0 bridgehead atoms. The molecule has 0 aromatic carbocycles. The second kappa shape index (κ2) is 10.1. The van der Waals surface area contributed by atoms with E-state index in [2.05, 4.69) is 11.9 Å². The maximum Gasteiger partial charge on any atom is 0.413 e. The van der Waals surface area contributed by atoms with Crippen LogP contribution in [0.25, 0.3) is 0 Å². The van der Waals surface area contributed by atoms with Crippen LogP contribution in [0, 0.1) is 0 Å². The molecule has 0 atom stereocenters. The Morgan fingerprint density at radius 2 is 1.83 bits per heavy atom. The molecule has 30 heavy (non-hydrogen) atoms. The number of nitrogens with one attached hydrogen (secondary N) is 1. The first-order valence-electron chi connectivity index (χ1n) is 9.43. The molecule has 1 aliphatic rings. The zero-order valence-corrected chi connectivity index (χ0v) is 18.3. The predicted molar refractivity (Wildman–Crippen MR) is 110 cm³/mol. The quantitative estimate of drug-likeness (QED) is 0.442. The first kappa shape index (κ1) is 25.6. The molecular formula is C21H26F3NO4S. The SMILES string of the molecule is C=C(C(=O)NC1=C(CC)C(=O)CC(C(F)(F)F)=C1)/C(=C\C=C(/C)CC)S(=O)(=O)CC. The first-order chi connectivity index (χ1) is 13.8. The van der Waals surface area contributed by atoms with E-state index in [0.717, 1.165) is 5.57 Å². The molecule has 166 valence electrons. The summed E-state index contributed by atoms with van der Waals surface area (Å²) in [6.45, 7) is 10.2. The van der Waals surface area contributed by atoms with Crippen molar-refractivity contribution in [1.82, 2.24) is 5.32 Å². The lowest BCUT2D eigenvalue weighted by molar-refractivity contribution is -0.120. The van der Waals surface area contributed by atoms with E-state index in [0.29, 0.717) is 12.5 Å². The minimum Gasteiger partial charge on any atom is -0.322 e. The lowest BCUT2D eigenvalue weighted by Crippen LogP contribution is -2.31. The molecule has 5 nitrogen and oxygen atoms in total. The Morgan fingerprint density at radius 1 is 1.23 bits per heavy atom. The Morgan fingerprint density at radius 3 is 2.30 bits per heavy atom. The maximum atomic E-state index is 13.1. The van der Waals surface area contributed by atoms with Gasteiger partial charge in [-0.15, -0.1) is 0 Å². The number of allylic oxidation sites excluding steroid dienone is 6. The highest BCUT2D eigenvalue weighted by atomic mass is 32.2. The minimum absolute atomic E-state index is 0.0368. The van der Waals surface area contributed by atoms with Crippen molar-refractivity contribution in [2.45, 2.75) is 53.1 Å². The number of alkyl halides is 3. The average molecular weight is 446 g/mol. The van der Waals surface area contributed by atoms with E-state index in [1.54, 1.807) is 19.9 Å². The molecule has 0 saturated heterocycles. The molecule has 0 radical (unpaired) electrons. The summed E-state index contributed by atoms with van der Waals surface area (Å²) in [5.41, 5.74) is -0.891. The molecule has 0 fully saturated rings. The Labute approximate surface area is 175 Å². The van der Waals surface area contributed by atoms with E-state index in [1.165, 1.54) is 13.0 Å². The molecule has 1 rings (SSSR count). The Kier molecular flexibility index (Phi) is 8.59. The largest absolute Gasteiger partial charge is 0.413 e. The average Bonchev–Trinajstić information content (AvgIpc) is 2.66. The molecule has 0 aliphatic heterocycles. The van der Waals surface area contributed by atoms with Gasteiger partial charge in [0.1, 0.15) is 0 Å². The van der Waals surface area contributed by atoms with Gasteiger partial charge in [-0.05, 0) is 31.9 Å². The highest BCUT2D eigenvalue weighted by Gasteiger charge is 2.38. The van der Waals surface area contributed by atoms with Crippen LogP contribution in [-0.4, -0.2) is 32.0 Å². The van der Waals surface area contributed by atoms with Gasteiger partial charge in [0, 0.05) is 23.3 Å². The van der Waals surface area contributed by atoms with Gasteiger partial charge in [-0.3, -0.25) is 9.59 Å². The molecule has 0 spiro atoms. The standard InChI is InChI=1S/C21H26F3NO4S/c1-6-13(4)9-10-19(30(28,29)8-3)14(5)20(27)25-17-11-15(21(22,23)24)12-18(26)16(17)7-2/h9-11H,5-8,12H2,1-4H3,(H,25,27)/b13-9+,19-10+. The fourth-order valence-electron chi connectivity index (χ4n) is 2.62. The molecule has 0 aromatic rings. The molecule has 1 N–H and O–H groups in total. The van der Waals surface area contributed by atoms with Gasteiger partial charge in [-0.2, -0.15) is 13.2 Å². The molecular weight excluding hydrogens is 419 g/mol. The van der Waals surface area contributed by atoms with Crippen LogP contribution in [0.1, 0.15) is 47.0 Å². The van der Waals surface area contributed by atoms with Crippen molar-refractivity contribution in [3.05, 3.63) is 57.7 Å². The lowest BCUT2D eigenvalue weighted by atomic mass is 9.92. The number of halogens is 3. The van der Waals surface area contributed by atoms with E-state index in [9.17, 15) is 31.2 Å². The summed E-state index contributed by atoms with van der Waals surface area (Å²) >= 11 is 0. The fourth-order valence-corrected chi connectivity index (χ4v) is 3.67. The number of ketones is 1. The lowest BCUT2D eigenvalue weighted by Gasteiger charge is -2.21. The molecule has 0 aromatic heterocycles. The van der Waals surface area contributed by atoms with Crippen LogP contribution in [0.15, 0.2) is 57.7 Å². The number of hydrogen-bond acceptors (Lipinski definition) is 4. The summed E-state index contributed by atoms with van der Waals surface area (Å²) in [6.07, 6.45) is -1.23. The zero-order chi connectivity index (χ0) is 23.3. The van der Waals surface area contributed by atoms with Gasteiger partial charge < -0.3 is 5.32 Å². The summed E-state index contributed by atoms with van der Waals surface area (Å²) in [4.78, 5) is 24.4. The Hall–Kier alpha value is -2.42. The number of Topliss-reactive ketones (excluding diaryl/α,β-unsaturated/α-hetero) is 1. The summed E-state index contributed by atoms with van der Waals surface area (Å²) in [7, 11) is -3.84. The van der Waals surface area contributed by atoms with Crippen LogP contribution >= 0.6 is 0 Å². The van der Waals surface area contributed by atoms with Crippen molar-refractivity contribution in [2.75, 3.05) is 5.75 Å². The normalized spacial score (nSPS) is 16.5. The van der Waals surface area contributed by atoms with Crippen molar-refractivity contribution >= 4 is 21.5 Å². The summed E-state index contributed by atoms with van der Waals surface area (Å²) in [6, 6.07) is 0. The number of carbonyl (C=O) groups is 2. The molecule has 9 heteroatoms. The third-order valence-electron chi connectivity index (χ3n) is 4.66. The second-order valence-electron chi connectivity index (χ2n) is 6.75. The van der Waals surface area contributed by atoms with Gasteiger partial charge in [0.25, 0.3) is 5.91 Å². The van der Waals surface area contributed by atoms with Gasteiger partial charge in [0.2, 0.25) is 0 Å². The summed E-state index contributed by atoms with van der Waals surface area (Å²) < 4.78 is 64.1. The predicted octanol–water partition coefficient (Wildman–Crippen LogP) is 4.46. The van der Waals surface area contributed by atoms with Gasteiger partial charge in [0.15, 0.2) is 15.6 Å². The third-order valence-corrected chi connectivity index (χ3v) is 6.47. The van der Waals surface area contributed by atoms with Crippen molar-refractivity contribution in [3.63, 3.8) is 0 Å². The van der Waals surface area contributed by atoms with E-state index in [4.69, 9.17) is 0 Å². The van der Waals surface area contributed by atoms with Crippen LogP contribution in [0.4, 0.5) is 13.2 Å². The Bertz CT molecular complexity index is 965. The molecule has 1 amide bonds. The smallest absolute Gasteiger partial charge is 0.322 e. The molecule has 0 unspecified atom stereocenters. The van der Waals surface area contributed by atoms with E-state index in [1.807, 2.05) is 6.92 Å². The van der Waals surface area contributed by atoms with Crippen LogP contribution in [0.3, 0.4) is 0 Å². The third kappa shape index (κ3) is 6.29. The van der Waals surface area contributed by atoms with Gasteiger partial charge in [-0.1, -0.05) is 39.0 Å². The number of carbonyl (C=O) groups excluding carboxylic acids is 2. The molecule has 1 aliphatic carbocycles. The topological polar surface area (TPSA) is 80.3 Å². The summed E-state index contributed by atoms with van der Waals surface area (Å²) in [5.74, 6) is -2.02. The van der Waals surface area contributed by atoms with E-state index < -0.39 is 45.3 Å². The number of amides is 1. The van der Waals surface area contributed by atoms with Crippen LogP contribution in [-0.2, 0) is 19.4 Å². The number of sulfone groups is 1. The minimum atomic E-state index is -4.72. The van der Waals surface area contributed by atoms with E-state index >= 15 is 0 Å². The van der Waals surface area contributed by atoms with Gasteiger partial charge in [0.05, 0.1) is 16.2 Å². The highest BCUT2D eigenvalue weighted by molar-refractivity contribution is 7.95. The fraction of sp³-hybridized carbons (Fsp3) is 0.429. The Balaban J connectivity index is 3.38. The van der Waals surface area contributed by atoms with Crippen LogP contribution in [0.5, 0.6) is 0 Å². The monoisotopic (exact) mass is 445 g/mol. The first-order valence-corrected chi connectivity index (χ1v) is 11.1. The molecule has 0 saturated carbocycles. The van der Waals surface area contributed by atoms with Crippen LogP contribution in [0.2, 0.25) is 0 Å². The number of rotatable bonds is 8. The zero-order valence-electron chi connectivity index (χ0n) is 17.4. The van der Waals surface area contributed by atoms with Crippen molar-refractivity contribution in [3.8, 4) is 0 Å². The maximum absolute atomic E-state index is 13.1. The van der Waals surface area contributed by atoms with Crippen molar-refractivity contribution in [2.24, 2.45) is 0 Å². The van der Waals surface area contributed by atoms with E-state index in [-0.39, 0.29) is 28.3 Å². The van der Waals surface area contributed by atoms with Crippen molar-refractivity contribution < 1.29 is 31.2 Å². The van der Waals surface area contributed by atoms with Gasteiger partial charge in [-0.25, -0.2) is 8.42 Å². The number of hydrogen-bond donors (Lipinski definition) is 1. The molecule has 0 heterocycles. The second-order valence-corrected chi connectivity index (χ2v) is 8.99. The highest BCUT2D eigenvalue weighted by Crippen LogP contribution is 2.34.